The zero-order chi connectivity index (χ0) is 17.9. The summed E-state index contributed by atoms with van der Waals surface area (Å²) in [5.74, 6) is 0.193. The summed E-state index contributed by atoms with van der Waals surface area (Å²) in [6.45, 7) is 12.9. The fourth-order valence-corrected chi connectivity index (χ4v) is 2.41. The van der Waals surface area contributed by atoms with Crippen molar-refractivity contribution in [3.05, 3.63) is 72.9 Å². The first-order valence-electron chi connectivity index (χ1n) is 8.19. The molecule has 0 aliphatic rings. The number of nitrogens with zero attached hydrogens (tertiary/aromatic N) is 1. The molecule has 1 heterocycles. The van der Waals surface area contributed by atoms with Crippen molar-refractivity contribution in [1.82, 2.24) is 15.5 Å². The zero-order valence-corrected chi connectivity index (χ0v) is 14.8. The van der Waals surface area contributed by atoms with Gasteiger partial charge < -0.3 is 5.32 Å². The van der Waals surface area contributed by atoms with E-state index in [2.05, 4.69) is 35.6 Å². The Morgan fingerprint density at radius 1 is 1.38 bits per heavy atom. The van der Waals surface area contributed by atoms with Gasteiger partial charge >= 0.3 is 0 Å². The van der Waals surface area contributed by atoms with E-state index < -0.39 is 0 Å². The van der Waals surface area contributed by atoms with Crippen LogP contribution in [-0.4, -0.2) is 23.8 Å². The predicted molar refractivity (Wildman–Crippen MR) is 101 cm³/mol. The van der Waals surface area contributed by atoms with Gasteiger partial charge in [0.2, 0.25) is 0 Å². The Kier molecular flexibility index (Phi) is 8.72. The van der Waals surface area contributed by atoms with Gasteiger partial charge in [-0.2, -0.15) is 5.10 Å². The summed E-state index contributed by atoms with van der Waals surface area (Å²) >= 11 is 0. The molecular formula is C20H28FN3. The van der Waals surface area contributed by atoms with E-state index >= 15 is 0 Å². The number of aromatic amines is 1. The minimum Gasteiger partial charge on any atom is -0.320 e. The monoisotopic (exact) mass is 329 g/mol. The van der Waals surface area contributed by atoms with Gasteiger partial charge in [-0.15, -0.1) is 0 Å². The summed E-state index contributed by atoms with van der Waals surface area (Å²) in [7, 11) is 1.93. The average molecular weight is 329 g/mol. The molecule has 0 fully saturated rings. The van der Waals surface area contributed by atoms with Crippen molar-refractivity contribution in [3.8, 4) is 0 Å². The molecule has 2 atom stereocenters. The number of hydrogen-bond acceptors (Lipinski definition) is 2. The minimum absolute atomic E-state index is 0.184. The second-order valence-electron chi connectivity index (χ2n) is 5.81. The topological polar surface area (TPSA) is 40.7 Å². The SMILES string of the molecule is C=C(/C=C\C(=C)C(CCNC)C(C)/C=C\C(F)=C/C)c1cn[nH]c1. The first-order chi connectivity index (χ1) is 11.5. The van der Waals surface area contributed by atoms with Gasteiger partial charge in [0.25, 0.3) is 0 Å². The Morgan fingerprint density at radius 3 is 2.71 bits per heavy atom. The number of hydrogen-bond donors (Lipinski definition) is 2. The van der Waals surface area contributed by atoms with Crippen molar-refractivity contribution in [1.29, 1.82) is 0 Å². The maximum absolute atomic E-state index is 13.3. The molecule has 2 unspecified atom stereocenters. The van der Waals surface area contributed by atoms with Gasteiger partial charge in [-0.05, 0) is 50.4 Å². The molecule has 0 spiro atoms. The molecule has 0 bridgehead atoms. The molecule has 0 amide bonds. The van der Waals surface area contributed by atoms with E-state index in [1.807, 2.05) is 25.3 Å². The third-order valence-electron chi connectivity index (χ3n) is 4.02. The first kappa shape index (κ1) is 19.8. The number of halogens is 1. The maximum Gasteiger partial charge on any atom is 0.118 e. The van der Waals surface area contributed by atoms with E-state index in [1.54, 1.807) is 19.3 Å². The van der Waals surface area contributed by atoms with Crippen LogP contribution in [0.15, 0.2) is 67.3 Å². The van der Waals surface area contributed by atoms with Crippen LogP contribution in [0, 0.1) is 11.8 Å². The third kappa shape index (κ3) is 6.50. The zero-order valence-electron chi connectivity index (χ0n) is 14.8. The van der Waals surface area contributed by atoms with Gasteiger partial charge in [-0.1, -0.05) is 50.0 Å². The van der Waals surface area contributed by atoms with Crippen molar-refractivity contribution in [2.24, 2.45) is 11.8 Å². The quantitative estimate of drug-likeness (QED) is 0.604. The van der Waals surface area contributed by atoms with Gasteiger partial charge in [-0.25, -0.2) is 4.39 Å². The standard InChI is InChI=1S/C20H28FN3/c1-6-19(21)10-9-17(4)20(11-12-22-5)16(3)8-7-15(2)18-13-23-24-14-18/h6-10,13-14,17,20,22H,2-3,11-12H2,1,4-5H3,(H,23,24)/b8-7-,10-9-,19-6+. The third-order valence-corrected chi connectivity index (χ3v) is 4.02. The molecule has 0 saturated heterocycles. The first-order valence-corrected chi connectivity index (χ1v) is 8.19. The van der Waals surface area contributed by atoms with Gasteiger partial charge in [-0.3, -0.25) is 5.10 Å². The lowest BCUT2D eigenvalue weighted by Crippen LogP contribution is -2.18. The highest BCUT2D eigenvalue weighted by molar-refractivity contribution is 5.71. The summed E-state index contributed by atoms with van der Waals surface area (Å²) in [5, 5.41) is 9.86. The molecule has 2 N–H and O–H groups in total. The van der Waals surface area contributed by atoms with E-state index in [0.717, 1.165) is 29.7 Å². The molecule has 0 aliphatic carbocycles. The Balaban J connectivity index is 2.80. The van der Waals surface area contributed by atoms with Crippen LogP contribution in [0.4, 0.5) is 4.39 Å². The molecule has 3 nitrogen and oxygen atoms in total. The van der Waals surface area contributed by atoms with Gasteiger partial charge in [0.15, 0.2) is 0 Å². The van der Waals surface area contributed by atoms with E-state index in [-0.39, 0.29) is 17.7 Å². The Morgan fingerprint density at radius 2 is 2.12 bits per heavy atom. The summed E-state index contributed by atoms with van der Waals surface area (Å²) in [5.41, 5.74) is 2.84. The molecular weight excluding hydrogens is 301 g/mol. The predicted octanol–water partition coefficient (Wildman–Crippen LogP) is 4.83. The normalized spacial score (nSPS) is 15.1. The van der Waals surface area contributed by atoms with E-state index in [0.29, 0.717) is 0 Å². The second kappa shape index (κ2) is 10.6. The van der Waals surface area contributed by atoms with Crippen LogP contribution in [-0.2, 0) is 0 Å². The van der Waals surface area contributed by atoms with Gasteiger partial charge in [0.05, 0.1) is 6.20 Å². The smallest absolute Gasteiger partial charge is 0.118 e. The lowest BCUT2D eigenvalue weighted by Gasteiger charge is -2.22. The maximum atomic E-state index is 13.3. The number of rotatable bonds is 10. The molecule has 0 saturated carbocycles. The second-order valence-corrected chi connectivity index (χ2v) is 5.81. The van der Waals surface area contributed by atoms with Crippen molar-refractivity contribution in [2.75, 3.05) is 13.6 Å². The van der Waals surface area contributed by atoms with E-state index in [9.17, 15) is 4.39 Å². The summed E-state index contributed by atoms with van der Waals surface area (Å²) in [6.07, 6.45) is 13.3. The summed E-state index contributed by atoms with van der Waals surface area (Å²) in [6, 6.07) is 0. The highest BCUT2D eigenvalue weighted by atomic mass is 19.1. The number of aromatic nitrogens is 2. The molecule has 1 aromatic rings. The highest BCUT2D eigenvalue weighted by Gasteiger charge is 2.16. The van der Waals surface area contributed by atoms with Crippen LogP contribution in [0.25, 0.3) is 5.57 Å². The van der Waals surface area contributed by atoms with Crippen LogP contribution in [0.1, 0.15) is 25.8 Å². The summed E-state index contributed by atoms with van der Waals surface area (Å²) in [4.78, 5) is 0. The molecule has 0 aliphatic heterocycles. The average Bonchev–Trinajstić information content (AvgIpc) is 3.12. The lowest BCUT2D eigenvalue weighted by molar-refractivity contribution is 0.452. The molecule has 4 heteroatoms. The van der Waals surface area contributed by atoms with Crippen LogP contribution in [0.5, 0.6) is 0 Å². The van der Waals surface area contributed by atoms with E-state index in [4.69, 9.17) is 0 Å². The van der Waals surface area contributed by atoms with E-state index in [1.165, 1.54) is 12.2 Å². The minimum atomic E-state index is -0.219. The van der Waals surface area contributed by atoms with Crippen LogP contribution >= 0.6 is 0 Å². The van der Waals surface area contributed by atoms with Crippen LogP contribution in [0.2, 0.25) is 0 Å². The van der Waals surface area contributed by atoms with Crippen molar-refractivity contribution in [2.45, 2.75) is 20.3 Å². The lowest BCUT2D eigenvalue weighted by atomic mass is 9.84. The van der Waals surface area contributed by atoms with Gasteiger partial charge in [0, 0.05) is 11.8 Å². The van der Waals surface area contributed by atoms with Crippen LogP contribution in [0.3, 0.4) is 0 Å². The van der Waals surface area contributed by atoms with Crippen molar-refractivity contribution < 1.29 is 4.39 Å². The number of allylic oxidation sites excluding steroid dienone is 8. The molecule has 24 heavy (non-hydrogen) atoms. The molecule has 0 radical (unpaired) electrons. The number of H-pyrrole nitrogens is 1. The largest absolute Gasteiger partial charge is 0.320 e. The molecule has 1 rings (SSSR count). The molecule has 1 aromatic heterocycles. The van der Waals surface area contributed by atoms with Crippen LogP contribution < -0.4 is 5.32 Å². The highest BCUT2D eigenvalue weighted by Crippen LogP contribution is 2.26. The fourth-order valence-electron chi connectivity index (χ4n) is 2.41. The Labute approximate surface area is 144 Å². The molecule has 0 aromatic carbocycles. The number of nitrogens with one attached hydrogen (secondary N) is 2. The molecule has 130 valence electrons. The van der Waals surface area contributed by atoms with Crippen molar-refractivity contribution in [3.63, 3.8) is 0 Å². The summed E-state index contributed by atoms with van der Waals surface area (Å²) < 4.78 is 13.3. The Bertz CT molecular complexity index is 609. The van der Waals surface area contributed by atoms with Crippen molar-refractivity contribution >= 4 is 5.57 Å². The van der Waals surface area contributed by atoms with Gasteiger partial charge in [0.1, 0.15) is 5.83 Å². The Hall–Kier alpha value is -2.20. The fraction of sp³-hybridized carbons (Fsp3) is 0.350.